The molecule has 0 unspecified atom stereocenters. The van der Waals surface area contributed by atoms with Crippen molar-refractivity contribution in [2.45, 2.75) is 19.4 Å². The van der Waals surface area contributed by atoms with E-state index in [-0.39, 0.29) is 12.5 Å². The Morgan fingerprint density at radius 2 is 2.18 bits per heavy atom. The predicted molar refractivity (Wildman–Crippen MR) is 81.7 cm³/mol. The second-order valence-corrected chi connectivity index (χ2v) is 5.28. The van der Waals surface area contributed by atoms with Gasteiger partial charge in [-0.05, 0) is 12.8 Å². The Balaban J connectivity index is 1.72. The summed E-state index contributed by atoms with van der Waals surface area (Å²) in [5.74, 6) is 0.823. The third kappa shape index (κ3) is 3.01. The van der Waals surface area contributed by atoms with E-state index in [0.717, 1.165) is 29.9 Å². The first-order valence-electron chi connectivity index (χ1n) is 7.46. The van der Waals surface area contributed by atoms with E-state index in [1.807, 2.05) is 0 Å². The molecule has 22 heavy (non-hydrogen) atoms. The summed E-state index contributed by atoms with van der Waals surface area (Å²) in [7, 11) is 1.50. The number of carbonyl (C=O) groups is 1. The molecule has 2 aromatic rings. The van der Waals surface area contributed by atoms with Crippen molar-refractivity contribution in [1.29, 1.82) is 0 Å². The predicted octanol–water partition coefficient (Wildman–Crippen LogP) is 0.189. The van der Waals surface area contributed by atoms with Gasteiger partial charge in [-0.2, -0.15) is 5.10 Å². The van der Waals surface area contributed by atoms with Crippen LogP contribution in [0.25, 0.3) is 11.0 Å². The Hall–Kier alpha value is -2.22. The summed E-state index contributed by atoms with van der Waals surface area (Å²) in [4.78, 5) is 22.4. The molecule has 1 fully saturated rings. The topological polar surface area (TPSA) is 85.2 Å². The van der Waals surface area contributed by atoms with E-state index in [9.17, 15) is 4.79 Å². The van der Waals surface area contributed by atoms with Gasteiger partial charge in [0.25, 0.3) is 0 Å². The molecule has 0 spiro atoms. The first-order valence-corrected chi connectivity index (χ1v) is 7.46. The van der Waals surface area contributed by atoms with E-state index in [2.05, 4.69) is 25.3 Å². The molecule has 0 aliphatic carbocycles. The summed E-state index contributed by atoms with van der Waals surface area (Å²) >= 11 is 0. The molecule has 1 aliphatic heterocycles. The van der Waals surface area contributed by atoms with Gasteiger partial charge >= 0.3 is 0 Å². The summed E-state index contributed by atoms with van der Waals surface area (Å²) in [5.41, 5.74) is 0.804. The minimum Gasteiger partial charge on any atom is -0.375 e. The number of carbonyl (C=O) groups excluding carboxylic acids is 1. The highest BCUT2D eigenvalue weighted by molar-refractivity contribution is 5.86. The van der Waals surface area contributed by atoms with E-state index >= 15 is 0 Å². The molecule has 2 aromatic heterocycles. The lowest BCUT2D eigenvalue weighted by Crippen LogP contribution is -2.30. The van der Waals surface area contributed by atoms with E-state index < -0.39 is 0 Å². The van der Waals surface area contributed by atoms with Crippen LogP contribution in [0.5, 0.6) is 0 Å². The number of ether oxygens (including phenoxy) is 1. The highest BCUT2D eigenvalue weighted by Crippen LogP contribution is 2.25. The zero-order valence-corrected chi connectivity index (χ0v) is 12.7. The fourth-order valence-electron chi connectivity index (χ4n) is 2.71. The van der Waals surface area contributed by atoms with Crippen LogP contribution in [0.4, 0.5) is 5.82 Å². The highest BCUT2D eigenvalue weighted by atomic mass is 16.5. The second-order valence-electron chi connectivity index (χ2n) is 5.28. The molecular formula is C14H20N6O2. The van der Waals surface area contributed by atoms with Crippen molar-refractivity contribution in [1.82, 2.24) is 25.1 Å². The first kappa shape index (κ1) is 14.7. The Morgan fingerprint density at radius 1 is 1.36 bits per heavy atom. The largest absolute Gasteiger partial charge is 0.375 e. The van der Waals surface area contributed by atoms with Crippen LogP contribution in [0, 0.1) is 0 Å². The number of nitrogens with one attached hydrogen (secondary N) is 1. The molecule has 1 amide bonds. The summed E-state index contributed by atoms with van der Waals surface area (Å²) < 4.78 is 6.57. The molecule has 3 rings (SSSR count). The molecule has 8 nitrogen and oxygen atoms in total. The van der Waals surface area contributed by atoms with E-state index in [1.165, 1.54) is 20.0 Å². The minimum absolute atomic E-state index is 0.0706. The van der Waals surface area contributed by atoms with Crippen LogP contribution in [0.3, 0.4) is 0 Å². The van der Waals surface area contributed by atoms with Gasteiger partial charge in [0.15, 0.2) is 5.65 Å². The Labute approximate surface area is 128 Å². The Bertz CT molecular complexity index is 650. The zero-order valence-electron chi connectivity index (χ0n) is 12.7. The molecule has 1 N–H and O–H groups in total. The maximum absolute atomic E-state index is 11.4. The summed E-state index contributed by atoms with van der Waals surface area (Å²) in [6.45, 7) is 3.19. The third-order valence-electron chi connectivity index (χ3n) is 3.74. The molecule has 1 saturated heterocycles. The summed E-state index contributed by atoms with van der Waals surface area (Å²) in [6, 6.07) is 0. The normalized spacial score (nSPS) is 14.7. The fraction of sp³-hybridized carbons (Fsp3) is 0.571. The summed E-state index contributed by atoms with van der Waals surface area (Å²) in [6.07, 6.45) is 5.79. The number of aromatic nitrogens is 4. The van der Waals surface area contributed by atoms with Crippen LogP contribution in [0.15, 0.2) is 12.5 Å². The number of nitrogens with zero attached hydrogens (tertiary/aromatic N) is 5. The number of methoxy groups -OCH3 is 1. The lowest BCUT2D eigenvalue weighted by Gasteiger charge is -2.16. The molecular weight excluding hydrogens is 284 g/mol. The smallest absolute Gasteiger partial charge is 0.246 e. The van der Waals surface area contributed by atoms with E-state index in [0.29, 0.717) is 13.1 Å². The van der Waals surface area contributed by atoms with Gasteiger partial charge in [-0.15, -0.1) is 0 Å². The molecule has 0 radical (unpaired) electrons. The van der Waals surface area contributed by atoms with Gasteiger partial charge in [0, 0.05) is 26.7 Å². The molecule has 0 saturated carbocycles. The number of hydrogen-bond donors (Lipinski definition) is 1. The maximum Gasteiger partial charge on any atom is 0.246 e. The van der Waals surface area contributed by atoms with Gasteiger partial charge in [0.1, 0.15) is 18.8 Å². The van der Waals surface area contributed by atoms with E-state index in [4.69, 9.17) is 4.74 Å². The van der Waals surface area contributed by atoms with Gasteiger partial charge in [0.05, 0.1) is 18.1 Å². The van der Waals surface area contributed by atoms with Crippen LogP contribution < -0.4 is 10.2 Å². The average molecular weight is 304 g/mol. The number of anilines is 1. The fourth-order valence-corrected chi connectivity index (χ4v) is 2.71. The number of rotatable bonds is 6. The molecule has 1 aliphatic rings. The van der Waals surface area contributed by atoms with E-state index in [1.54, 1.807) is 17.2 Å². The standard InChI is InChI=1S/C14H20N6O2/c1-22-9-12(21)15-4-7-20-14-11(8-18-20)13(16-10-17-14)19-5-2-3-6-19/h8,10H,2-7,9H2,1H3,(H,15,21). The second kappa shape index (κ2) is 6.69. The van der Waals surface area contributed by atoms with Crippen molar-refractivity contribution in [3.05, 3.63) is 12.5 Å². The lowest BCUT2D eigenvalue weighted by atomic mass is 10.3. The van der Waals surface area contributed by atoms with Gasteiger partial charge in [-0.1, -0.05) is 0 Å². The molecule has 0 bridgehead atoms. The summed E-state index contributed by atoms with van der Waals surface area (Å²) in [5, 5.41) is 8.12. The van der Waals surface area contributed by atoms with Gasteiger partial charge < -0.3 is 15.0 Å². The first-order chi connectivity index (χ1) is 10.8. The van der Waals surface area contributed by atoms with Crippen LogP contribution in [0.2, 0.25) is 0 Å². The SMILES string of the molecule is COCC(=O)NCCn1ncc2c(N3CCCC3)ncnc21. The Kier molecular flexibility index (Phi) is 4.47. The van der Waals surface area contributed by atoms with Crippen molar-refractivity contribution in [3.8, 4) is 0 Å². The monoisotopic (exact) mass is 304 g/mol. The van der Waals surface area contributed by atoms with Crippen LogP contribution >= 0.6 is 0 Å². The quantitative estimate of drug-likeness (QED) is 0.820. The molecule has 0 atom stereocenters. The van der Waals surface area contributed by atoms with Crippen LogP contribution in [-0.2, 0) is 16.1 Å². The Morgan fingerprint density at radius 3 is 2.95 bits per heavy atom. The van der Waals surface area contributed by atoms with Gasteiger partial charge in [0.2, 0.25) is 5.91 Å². The molecule has 118 valence electrons. The van der Waals surface area contributed by atoms with Crippen molar-refractivity contribution in [2.24, 2.45) is 0 Å². The van der Waals surface area contributed by atoms with Crippen molar-refractivity contribution in [3.63, 3.8) is 0 Å². The van der Waals surface area contributed by atoms with Crippen molar-refractivity contribution >= 4 is 22.8 Å². The lowest BCUT2D eigenvalue weighted by molar-refractivity contribution is -0.124. The number of hydrogen-bond acceptors (Lipinski definition) is 6. The van der Waals surface area contributed by atoms with Gasteiger partial charge in [-0.25, -0.2) is 14.6 Å². The average Bonchev–Trinajstić information content (AvgIpc) is 3.17. The minimum atomic E-state index is -0.133. The molecule has 3 heterocycles. The highest BCUT2D eigenvalue weighted by Gasteiger charge is 2.18. The van der Waals surface area contributed by atoms with Crippen LogP contribution in [-0.4, -0.2) is 59.0 Å². The zero-order chi connectivity index (χ0) is 15.4. The third-order valence-corrected chi connectivity index (χ3v) is 3.74. The number of amides is 1. The number of fused-ring (bicyclic) bond motifs is 1. The van der Waals surface area contributed by atoms with Gasteiger partial charge in [-0.3, -0.25) is 4.79 Å². The maximum atomic E-state index is 11.4. The molecule has 0 aromatic carbocycles. The van der Waals surface area contributed by atoms with Crippen LogP contribution in [0.1, 0.15) is 12.8 Å². The van der Waals surface area contributed by atoms with Crippen molar-refractivity contribution < 1.29 is 9.53 Å². The van der Waals surface area contributed by atoms with Crippen molar-refractivity contribution in [2.75, 3.05) is 38.3 Å². The molecule has 8 heteroatoms.